The minimum atomic E-state index is -0.524. The summed E-state index contributed by atoms with van der Waals surface area (Å²) in [4.78, 5) is 49.2. The average molecular weight is 424 g/mol. The largest absolute Gasteiger partial charge is 0.427 e. The third-order valence-electron chi connectivity index (χ3n) is 4.41. The molecule has 1 fully saturated rings. The Balaban J connectivity index is 1.66. The van der Waals surface area contributed by atoms with Crippen LogP contribution in [0.3, 0.4) is 0 Å². The molecule has 0 aliphatic carbocycles. The van der Waals surface area contributed by atoms with Crippen molar-refractivity contribution in [3.05, 3.63) is 64.1 Å². The van der Waals surface area contributed by atoms with Crippen molar-refractivity contribution in [1.29, 1.82) is 0 Å². The van der Waals surface area contributed by atoms with Crippen LogP contribution >= 0.6 is 11.8 Å². The number of benzene rings is 2. The normalized spacial score (nSPS) is 14.9. The first-order chi connectivity index (χ1) is 14.2. The van der Waals surface area contributed by atoms with E-state index in [1.165, 1.54) is 6.92 Å². The molecule has 0 spiro atoms. The van der Waals surface area contributed by atoms with Crippen molar-refractivity contribution in [2.45, 2.75) is 20.8 Å². The van der Waals surface area contributed by atoms with Crippen LogP contribution in [0.2, 0.25) is 0 Å². The number of hydrogen-bond donors (Lipinski definition) is 1. The molecule has 0 saturated carbocycles. The van der Waals surface area contributed by atoms with Gasteiger partial charge in [-0.3, -0.25) is 24.1 Å². The highest BCUT2D eigenvalue weighted by Crippen LogP contribution is 2.32. The van der Waals surface area contributed by atoms with Crippen LogP contribution < -0.4 is 10.1 Å². The third-order valence-corrected chi connectivity index (χ3v) is 5.31. The van der Waals surface area contributed by atoms with Crippen LogP contribution in [0.1, 0.15) is 23.6 Å². The highest BCUT2D eigenvalue weighted by molar-refractivity contribution is 8.18. The lowest BCUT2D eigenvalue weighted by Crippen LogP contribution is -2.36. The number of imide groups is 1. The first-order valence-corrected chi connectivity index (χ1v) is 9.95. The summed E-state index contributed by atoms with van der Waals surface area (Å²) in [6.07, 6.45) is 1.56. The van der Waals surface area contributed by atoms with E-state index < -0.39 is 23.0 Å². The second-order valence-electron chi connectivity index (χ2n) is 6.78. The number of nitrogens with zero attached hydrogens (tertiary/aromatic N) is 1. The molecule has 3 amide bonds. The molecule has 1 heterocycles. The summed E-state index contributed by atoms with van der Waals surface area (Å²) in [7, 11) is 0. The number of amides is 3. The molecule has 2 aromatic carbocycles. The molecule has 1 saturated heterocycles. The number of hydrogen-bond acceptors (Lipinski definition) is 6. The lowest BCUT2D eigenvalue weighted by molar-refractivity contribution is -0.131. The minimum Gasteiger partial charge on any atom is -0.427 e. The van der Waals surface area contributed by atoms with Gasteiger partial charge in [0.25, 0.3) is 11.1 Å². The average Bonchev–Trinajstić information content (AvgIpc) is 2.93. The Morgan fingerprint density at radius 3 is 2.40 bits per heavy atom. The monoisotopic (exact) mass is 424 g/mol. The number of nitrogens with one attached hydrogen (secondary N) is 1. The van der Waals surface area contributed by atoms with Gasteiger partial charge in [-0.1, -0.05) is 18.2 Å². The summed E-state index contributed by atoms with van der Waals surface area (Å²) in [5, 5.41) is 2.21. The highest BCUT2D eigenvalue weighted by Gasteiger charge is 2.36. The van der Waals surface area contributed by atoms with Crippen LogP contribution in [0.25, 0.3) is 6.08 Å². The molecule has 2 aromatic rings. The van der Waals surface area contributed by atoms with Gasteiger partial charge in [0, 0.05) is 12.6 Å². The quantitative estimate of drug-likeness (QED) is 0.445. The zero-order chi connectivity index (χ0) is 21.8. The van der Waals surface area contributed by atoms with Gasteiger partial charge < -0.3 is 10.1 Å². The molecule has 154 valence electrons. The maximum atomic E-state index is 12.6. The first kappa shape index (κ1) is 21.3. The van der Waals surface area contributed by atoms with Gasteiger partial charge in [-0.25, -0.2) is 0 Å². The topological polar surface area (TPSA) is 92.8 Å². The molecule has 1 aliphatic heterocycles. The van der Waals surface area contributed by atoms with Crippen LogP contribution in [-0.4, -0.2) is 34.5 Å². The van der Waals surface area contributed by atoms with Crippen LogP contribution in [0, 0.1) is 13.8 Å². The van der Waals surface area contributed by atoms with Crippen molar-refractivity contribution in [1.82, 2.24) is 4.90 Å². The van der Waals surface area contributed by atoms with Crippen molar-refractivity contribution in [3.63, 3.8) is 0 Å². The molecule has 0 radical (unpaired) electrons. The van der Waals surface area contributed by atoms with E-state index >= 15 is 0 Å². The Labute approximate surface area is 178 Å². The van der Waals surface area contributed by atoms with Crippen molar-refractivity contribution in [2.24, 2.45) is 0 Å². The van der Waals surface area contributed by atoms with Gasteiger partial charge in [-0.15, -0.1) is 0 Å². The van der Waals surface area contributed by atoms with Crippen molar-refractivity contribution in [2.75, 3.05) is 11.9 Å². The molecule has 8 heteroatoms. The van der Waals surface area contributed by atoms with Crippen LogP contribution in [-0.2, 0) is 14.4 Å². The van der Waals surface area contributed by atoms with Gasteiger partial charge in [0.05, 0.1) is 4.91 Å². The van der Waals surface area contributed by atoms with Crippen LogP contribution in [0.4, 0.5) is 10.5 Å². The summed E-state index contributed by atoms with van der Waals surface area (Å²) < 4.78 is 4.96. The summed E-state index contributed by atoms with van der Waals surface area (Å²) in [6.45, 7) is 4.85. The summed E-state index contributed by atoms with van der Waals surface area (Å²) in [6, 6.07) is 12.0. The minimum absolute atomic E-state index is 0.221. The molecule has 0 unspecified atom stereocenters. The van der Waals surface area contributed by atoms with Gasteiger partial charge in [0.2, 0.25) is 5.91 Å². The second kappa shape index (κ2) is 8.96. The van der Waals surface area contributed by atoms with E-state index in [-0.39, 0.29) is 11.4 Å². The van der Waals surface area contributed by atoms with Crippen LogP contribution in [0.5, 0.6) is 5.75 Å². The number of carbonyl (C=O) groups is 4. The summed E-state index contributed by atoms with van der Waals surface area (Å²) in [5.41, 5.74) is 3.40. The molecule has 1 N–H and O–H groups in total. The molecule has 30 heavy (non-hydrogen) atoms. The van der Waals surface area contributed by atoms with Crippen molar-refractivity contribution < 1.29 is 23.9 Å². The lowest BCUT2D eigenvalue weighted by Gasteiger charge is -2.13. The smallest absolute Gasteiger partial charge is 0.308 e. The SMILES string of the molecule is CC(=O)Oc1ccc(/C=C2/SC(=O)N(CC(=O)Nc3ccc(C)c(C)c3)C2=O)cc1. The van der Waals surface area contributed by atoms with E-state index in [2.05, 4.69) is 5.32 Å². The molecular weight excluding hydrogens is 404 g/mol. The summed E-state index contributed by atoms with van der Waals surface area (Å²) in [5.74, 6) is -1.02. The molecule has 0 aromatic heterocycles. The Hall–Kier alpha value is -3.39. The van der Waals surface area contributed by atoms with E-state index in [0.29, 0.717) is 17.0 Å². The van der Waals surface area contributed by atoms with E-state index in [1.807, 2.05) is 26.0 Å². The Bertz CT molecular complexity index is 1060. The van der Waals surface area contributed by atoms with Gasteiger partial charge in [-0.2, -0.15) is 0 Å². The predicted octanol–water partition coefficient (Wildman–Crippen LogP) is 3.90. The maximum Gasteiger partial charge on any atom is 0.308 e. The maximum absolute atomic E-state index is 12.6. The number of esters is 1. The lowest BCUT2D eigenvalue weighted by atomic mass is 10.1. The number of anilines is 1. The Kier molecular flexibility index (Phi) is 6.37. The number of thioether (sulfide) groups is 1. The number of carbonyl (C=O) groups excluding carboxylic acids is 4. The Morgan fingerprint density at radius 2 is 1.77 bits per heavy atom. The zero-order valence-electron chi connectivity index (χ0n) is 16.7. The van der Waals surface area contributed by atoms with Gasteiger partial charge >= 0.3 is 5.97 Å². The number of rotatable bonds is 5. The molecular formula is C22H20N2O5S. The van der Waals surface area contributed by atoms with Crippen molar-refractivity contribution in [3.8, 4) is 5.75 Å². The standard InChI is InChI=1S/C22H20N2O5S/c1-13-4-7-17(10-14(13)2)23-20(26)12-24-21(27)19(30-22(24)28)11-16-5-8-18(9-6-16)29-15(3)25/h4-11H,12H2,1-3H3,(H,23,26)/b19-11+. The molecule has 1 aliphatic rings. The fourth-order valence-corrected chi connectivity index (χ4v) is 3.59. The number of aryl methyl sites for hydroxylation is 2. The van der Waals surface area contributed by atoms with E-state index in [4.69, 9.17) is 4.74 Å². The molecule has 3 rings (SSSR count). The second-order valence-corrected chi connectivity index (χ2v) is 7.77. The van der Waals surface area contributed by atoms with Gasteiger partial charge in [-0.05, 0) is 72.6 Å². The fraction of sp³-hybridized carbons (Fsp3) is 0.182. The first-order valence-electron chi connectivity index (χ1n) is 9.14. The van der Waals surface area contributed by atoms with E-state index in [1.54, 1.807) is 36.4 Å². The van der Waals surface area contributed by atoms with Gasteiger partial charge in [0.1, 0.15) is 12.3 Å². The number of ether oxygens (including phenoxy) is 1. The zero-order valence-corrected chi connectivity index (χ0v) is 17.5. The van der Waals surface area contributed by atoms with Crippen LogP contribution in [0.15, 0.2) is 47.4 Å². The van der Waals surface area contributed by atoms with Crippen molar-refractivity contribution >= 4 is 46.5 Å². The predicted molar refractivity (Wildman–Crippen MR) is 115 cm³/mol. The molecule has 0 atom stereocenters. The fourth-order valence-electron chi connectivity index (χ4n) is 2.75. The molecule has 0 bridgehead atoms. The Morgan fingerprint density at radius 1 is 1.07 bits per heavy atom. The highest BCUT2D eigenvalue weighted by atomic mass is 32.2. The van der Waals surface area contributed by atoms with Gasteiger partial charge in [0.15, 0.2) is 0 Å². The summed E-state index contributed by atoms with van der Waals surface area (Å²) >= 11 is 0.777. The van der Waals surface area contributed by atoms with E-state index in [9.17, 15) is 19.2 Å². The molecule has 7 nitrogen and oxygen atoms in total. The third kappa shape index (κ3) is 5.15. The van der Waals surface area contributed by atoms with E-state index in [0.717, 1.165) is 27.8 Å².